The molecule has 3 aromatic rings. The summed E-state index contributed by atoms with van der Waals surface area (Å²) in [6, 6.07) is 19.7. The molecule has 0 spiro atoms. The fourth-order valence-corrected chi connectivity index (χ4v) is 3.87. The molecule has 0 saturated carbocycles. The minimum absolute atomic E-state index is 0.195. The number of hydrogen-bond acceptors (Lipinski definition) is 3. The number of benzene rings is 3. The average molecular weight is 465 g/mol. The predicted octanol–water partition coefficient (Wildman–Crippen LogP) is 7.48. The summed E-state index contributed by atoms with van der Waals surface area (Å²) < 4.78 is 11.8. The van der Waals surface area contributed by atoms with Gasteiger partial charge in [-0.2, -0.15) is 0 Å². The van der Waals surface area contributed by atoms with E-state index in [1.165, 1.54) is 5.56 Å². The molecule has 0 aromatic heterocycles. The molecule has 0 aliphatic carbocycles. The molecular weight excluding hydrogens is 441 g/mol. The summed E-state index contributed by atoms with van der Waals surface area (Å²) in [6.45, 7) is 5.39. The summed E-state index contributed by atoms with van der Waals surface area (Å²) in [5.41, 5.74) is 2.95. The molecule has 30 heavy (non-hydrogen) atoms. The van der Waals surface area contributed by atoms with Gasteiger partial charge in [0.15, 0.2) is 11.5 Å². The van der Waals surface area contributed by atoms with Gasteiger partial charge in [0.2, 0.25) is 0 Å². The van der Waals surface area contributed by atoms with Crippen LogP contribution >= 0.6 is 34.8 Å². The maximum atomic E-state index is 6.55. The molecular formula is C24H24Cl3NO2. The van der Waals surface area contributed by atoms with Crippen LogP contribution in [0.2, 0.25) is 15.1 Å². The maximum Gasteiger partial charge on any atom is 0.180 e. The first kappa shape index (κ1) is 22.8. The Morgan fingerprint density at radius 2 is 1.57 bits per heavy atom. The van der Waals surface area contributed by atoms with E-state index in [0.29, 0.717) is 45.3 Å². The van der Waals surface area contributed by atoms with E-state index in [9.17, 15) is 0 Å². The van der Waals surface area contributed by atoms with Crippen molar-refractivity contribution in [2.45, 2.75) is 33.0 Å². The van der Waals surface area contributed by atoms with Crippen molar-refractivity contribution < 1.29 is 9.47 Å². The van der Waals surface area contributed by atoms with Crippen LogP contribution in [-0.2, 0) is 13.2 Å². The zero-order valence-electron chi connectivity index (χ0n) is 16.9. The Morgan fingerprint density at radius 1 is 0.867 bits per heavy atom. The number of rotatable bonds is 9. The third-order valence-electron chi connectivity index (χ3n) is 4.70. The minimum Gasteiger partial charge on any atom is -0.490 e. The largest absolute Gasteiger partial charge is 0.490 e. The quantitative estimate of drug-likeness (QED) is 0.356. The highest BCUT2D eigenvalue weighted by Crippen LogP contribution is 2.38. The molecule has 0 bridgehead atoms. The van der Waals surface area contributed by atoms with E-state index in [1.54, 1.807) is 18.2 Å². The van der Waals surface area contributed by atoms with E-state index >= 15 is 0 Å². The maximum absolute atomic E-state index is 6.55. The normalized spacial score (nSPS) is 11.9. The molecule has 3 aromatic carbocycles. The molecule has 1 N–H and O–H groups in total. The van der Waals surface area contributed by atoms with E-state index in [4.69, 9.17) is 44.3 Å². The number of nitrogens with one attached hydrogen (secondary N) is 1. The molecule has 0 fully saturated rings. The summed E-state index contributed by atoms with van der Waals surface area (Å²) in [5.74, 6) is 1.08. The molecule has 0 aliphatic heterocycles. The van der Waals surface area contributed by atoms with Crippen LogP contribution in [0.25, 0.3) is 0 Å². The van der Waals surface area contributed by atoms with Crippen molar-refractivity contribution in [3.63, 3.8) is 0 Å². The molecule has 0 radical (unpaired) electrons. The lowest BCUT2D eigenvalue weighted by Gasteiger charge is -2.18. The lowest BCUT2D eigenvalue weighted by Crippen LogP contribution is -2.18. The Balaban J connectivity index is 1.75. The number of ether oxygens (including phenoxy) is 2. The van der Waals surface area contributed by atoms with Gasteiger partial charge in [-0.3, -0.25) is 0 Å². The Morgan fingerprint density at radius 3 is 2.23 bits per heavy atom. The van der Waals surface area contributed by atoms with Crippen molar-refractivity contribution in [3.8, 4) is 11.5 Å². The molecule has 0 aliphatic rings. The van der Waals surface area contributed by atoms with Gasteiger partial charge in [0.1, 0.15) is 6.61 Å². The minimum atomic E-state index is 0.195. The van der Waals surface area contributed by atoms with Gasteiger partial charge >= 0.3 is 0 Å². The molecule has 3 nitrogen and oxygen atoms in total. The zero-order chi connectivity index (χ0) is 21.5. The lowest BCUT2D eigenvalue weighted by atomic mass is 10.1. The van der Waals surface area contributed by atoms with Crippen LogP contribution in [0.15, 0.2) is 60.7 Å². The third-order valence-corrected chi connectivity index (χ3v) is 5.69. The number of hydrogen-bond donors (Lipinski definition) is 1. The van der Waals surface area contributed by atoms with E-state index in [-0.39, 0.29) is 12.6 Å². The van der Waals surface area contributed by atoms with Crippen LogP contribution in [0.3, 0.4) is 0 Å². The van der Waals surface area contributed by atoms with Crippen LogP contribution in [0, 0.1) is 0 Å². The predicted molar refractivity (Wildman–Crippen MR) is 125 cm³/mol. The summed E-state index contributed by atoms with van der Waals surface area (Å²) in [6.07, 6.45) is 0. The molecule has 6 heteroatoms. The van der Waals surface area contributed by atoms with Crippen molar-refractivity contribution in [1.29, 1.82) is 0 Å². The third kappa shape index (κ3) is 5.83. The van der Waals surface area contributed by atoms with E-state index in [1.807, 2.05) is 37.3 Å². The second-order valence-corrected chi connectivity index (χ2v) is 8.06. The Kier molecular flexibility index (Phi) is 8.29. The van der Waals surface area contributed by atoms with E-state index in [2.05, 4.69) is 24.4 Å². The van der Waals surface area contributed by atoms with Crippen molar-refractivity contribution in [2.75, 3.05) is 6.61 Å². The van der Waals surface area contributed by atoms with E-state index < -0.39 is 0 Å². The van der Waals surface area contributed by atoms with Crippen LogP contribution < -0.4 is 14.8 Å². The van der Waals surface area contributed by atoms with Crippen molar-refractivity contribution in [2.24, 2.45) is 0 Å². The zero-order valence-corrected chi connectivity index (χ0v) is 19.2. The highest BCUT2D eigenvalue weighted by Gasteiger charge is 2.15. The standard InChI is InChI=1S/C24H24Cl3NO2/c1-3-29-23-13-17(14-28-16(2)18-8-5-4-6-9-18)12-22(27)24(23)30-15-19-20(25)10-7-11-21(19)26/h4-13,16,28H,3,14-15H2,1-2H3/t16-/m1/s1. The summed E-state index contributed by atoms with van der Waals surface area (Å²) >= 11 is 19.0. The second kappa shape index (κ2) is 10.9. The average Bonchev–Trinajstić information content (AvgIpc) is 2.74. The Hall–Kier alpha value is -1.91. The summed E-state index contributed by atoms with van der Waals surface area (Å²) in [4.78, 5) is 0. The van der Waals surface area contributed by atoms with Crippen LogP contribution in [0.5, 0.6) is 11.5 Å². The van der Waals surface area contributed by atoms with Crippen LogP contribution in [-0.4, -0.2) is 6.61 Å². The van der Waals surface area contributed by atoms with Gasteiger partial charge in [-0.05, 0) is 49.2 Å². The molecule has 158 valence electrons. The SMILES string of the molecule is CCOc1cc(CN[C@H](C)c2ccccc2)cc(Cl)c1OCc1c(Cl)cccc1Cl. The monoisotopic (exact) mass is 463 g/mol. The van der Waals surface area contributed by atoms with Gasteiger partial charge in [-0.15, -0.1) is 0 Å². The van der Waals surface area contributed by atoms with Crippen LogP contribution in [0.1, 0.15) is 36.6 Å². The van der Waals surface area contributed by atoms with Gasteiger partial charge in [0.05, 0.1) is 11.6 Å². The lowest BCUT2D eigenvalue weighted by molar-refractivity contribution is 0.269. The van der Waals surface area contributed by atoms with Gasteiger partial charge in [-0.1, -0.05) is 71.2 Å². The summed E-state index contributed by atoms with van der Waals surface area (Å²) in [5, 5.41) is 5.09. The topological polar surface area (TPSA) is 30.5 Å². The van der Waals surface area contributed by atoms with Crippen molar-refractivity contribution >= 4 is 34.8 Å². The summed E-state index contributed by atoms with van der Waals surface area (Å²) in [7, 11) is 0. The van der Waals surface area contributed by atoms with Crippen molar-refractivity contribution in [3.05, 3.63) is 92.4 Å². The molecule has 3 rings (SSSR count). The van der Waals surface area contributed by atoms with Crippen LogP contribution in [0.4, 0.5) is 0 Å². The number of halogens is 3. The highest BCUT2D eigenvalue weighted by molar-refractivity contribution is 6.36. The smallest absolute Gasteiger partial charge is 0.180 e. The van der Waals surface area contributed by atoms with Crippen molar-refractivity contribution in [1.82, 2.24) is 5.32 Å². The van der Waals surface area contributed by atoms with E-state index in [0.717, 1.165) is 5.56 Å². The Bertz CT molecular complexity index is 959. The molecule has 0 unspecified atom stereocenters. The highest BCUT2D eigenvalue weighted by atomic mass is 35.5. The van der Waals surface area contributed by atoms with Gasteiger partial charge in [0.25, 0.3) is 0 Å². The van der Waals surface area contributed by atoms with Gasteiger partial charge < -0.3 is 14.8 Å². The van der Waals surface area contributed by atoms with Gasteiger partial charge in [0, 0.05) is 28.2 Å². The molecule has 0 saturated heterocycles. The second-order valence-electron chi connectivity index (χ2n) is 6.84. The first-order chi connectivity index (χ1) is 14.5. The fourth-order valence-electron chi connectivity index (χ4n) is 3.07. The first-order valence-electron chi connectivity index (χ1n) is 9.78. The molecule has 1 atom stereocenters. The fraction of sp³-hybridized carbons (Fsp3) is 0.250. The Labute approximate surface area is 192 Å². The van der Waals surface area contributed by atoms with Gasteiger partial charge in [-0.25, -0.2) is 0 Å². The molecule has 0 amide bonds. The molecule has 0 heterocycles. The first-order valence-corrected chi connectivity index (χ1v) is 10.9.